The largest absolute Gasteiger partial charge is 0.304 e. The summed E-state index contributed by atoms with van der Waals surface area (Å²) >= 11 is 0. The summed E-state index contributed by atoms with van der Waals surface area (Å²) < 4.78 is 0. The first-order valence-corrected chi connectivity index (χ1v) is 10.7. The van der Waals surface area contributed by atoms with Crippen LogP contribution in [0.25, 0.3) is 0 Å². The van der Waals surface area contributed by atoms with E-state index < -0.39 is 6.04 Å². The lowest BCUT2D eigenvalue weighted by molar-refractivity contribution is -0.119. The minimum Gasteiger partial charge on any atom is -0.304 e. The van der Waals surface area contributed by atoms with E-state index in [0.29, 0.717) is 12.1 Å². The fraction of sp³-hybridized carbons (Fsp3) is 0.259. The maximum absolute atomic E-state index is 13.4. The van der Waals surface area contributed by atoms with Crippen LogP contribution in [0.4, 0.5) is 11.4 Å². The molecule has 1 aliphatic rings. The first-order valence-electron chi connectivity index (χ1n) is 10.7. The summed E-state index contributed by atoms with van der Waals surface area (Å²) in [5.74, 6) is -0.244. The minimum absolute atomic E-state index is 0.0807. The Morgan fingerprint density at radius 2 is 1.42 bits per heavy atom. The minimum atomic E-state index is -0.587. The van der Waals surface area contributed by atoms with Gasteiger partial charge in [0.15, 0.2) is 0 Å². The van der Waals surface area contributed by atoms with Gasteiger partial charge in [0, 0.05) is 5.56 Å². The normalized spacial score (nSPS) is 16.3. The predicted octanol–water partition coefficient (Wildman–Crippen LogP) is 5.57. The highest BCUT2D eigenvalue weighted by atomic mass is 16.2. The molecule has 3 aromatic rings. The quantitative estimate of drug-likeness (QED) is 0.565. The molecule has 2 amide bonds. The van der Waals surface area contributed by atoms with Gasteiger partial charge in [-0.1, -0.05) is 75.4 Å². The second kappa shape index (κ2) is 8.03. The van der Waals surface area contributed by atoms with E-state index in [0.717, 1.165) is 16.9 Å². The van der Waals surface area contributed by atoms with Crippen LogP contribution in [0.5, 0.6) is 0 Å². The van der Waals surface area contributed by atoms with Crippen molar-refractivity contribution in [3.05, 3.63) is 95.6 Å². The van der Waals surface area contributed by atoms with Crippen molar-refractivity contribution in [1.29, 1.82) is 0 Å². The van der Waals surface area contributed by atoms with Crippen molar-refractivity contribution < 1.29 is 9.59 Å². The number of amides is 2. The van der Waals surface area contributed by atoms with E-state index >= 15 is 0 Å². The lowest BCUT2D eigenvalue weighted by Gasteiger charge is -2.40. The Morgan fingerprint density at radius 3 is 2.03 bits per heavy atom. The molecule has 0 bridgehead atoms. The first-order chi connectivity index (χ1) is 14.8. The Kier molecular flexibility index (Phi) is 5.40. The molecule has 0 unspecified atom stereocenters. The van der Waals surface area contributed by atoms with Crippen LogP contribution in [0.15, 0.2) is 78.9 Å². The standard InChI is InChI=1S/C27H28N2O2/c1-19-25(30)28(18-20-14-16-22(17-15-20)27(2,3)4)23-12-8-9-13-24(23)29(19)26(31)21-10-6-5-7-11-21/h5-17,19H,18H2,1-4H3/t19-/m1/s1. The first kappa shape index (κ1) is 20.9. The third-order valence-corrected chi connectivity index (χ3v) is 5.84. The lowest BCUT2D eigenvalue weighted by atomic mass is 9.86. The van der Waals surface area contributed by atoms with Crippen molar-refractivity contribution in [2.75, 3.05) is 9.80 Å². The Bertz CT molecular complexity index is 1100. The summed E-state index contributed by atoms with van der Waals surface area (Å²) in [4.78, 5) is 30.1. The summed E-state index contributed by atoms with van der Waals surface area (Å²) in [7, 11) is 0. The molecule has 0 aromatic heterocycles. The maximum atomic E-state index is 13.4. The molecule has 1 heterocycles. The van der Waals surface area contributed by atoms with Gasteiger partial charge >= 0.3 is 0 Å². The van der Waals surface area contributed by atoms with Gasteiger partial charge in [-0.25, -0.2) is 0 Å². The number of fused-ring (bicyclic) bond motifs is 1. The number of para-hydroxylation sites is 2. The zero-order valence-electron chi connectivity index (χ0n) is 18.5. The van der Waals surface area contributed by atoms with Crippen LogP contribution in [0.3, 0.4) is 0 Å². The maximum Gasteiger partial charge on any atom is 0.259 e. The number of hydrogen-bond acceptors (Lipinski definition) is 2. The van der Waals surface area contributed by atoms with Crippen LogP contribution in [-0.2, 0) is 16.8 Å². The molecule has 1 aliphatic heterocycles. The highest BCUT2D eigenvalue weighted by Gasteiger charge is 2.38. The van der Waals surface area contributed by atoms with Gasteiger partial charge in [0.1, 0.15) is 6.04 Å². The van der Waals surface area contributed by atoms with Crippen molar-refractivity contribution in [1.82, 2.24) is 0 Å². The number of benzene rings is 3. The Balaban J connectivity index is 1.69. The Hall–Kier alpha value is -3.40. The van der Waals surface area contributed by atoms with Crippen LogP contribution in [-0.4, -0.2) is 17.9 Å². The molecule has 0 saturated carbocycles. The molecule has 1 atom stereocenters. The molecule has 31 heavy (non-hydrogen) atoms. The fourth-order valence-corrected chi connectivity index (χ4v) is 4.02. The number of carbonyl (C=O) groups is 2. The fourth-order valence-electron chi connectivity index (χ4n) is 4.02. The average Bonchev–Trinajstić information content (AvgIpc) is 2.77. The Morgan fingerprint density at radius 1 is 0.839 bits per heavy atom. The van der Waals surface area contributed by atoms with E-state index in [4.69, 9.17) is 0 Å². The van der Waals surface area contributed by atoms with Crippen LogP contribution in [0.2, 0.25) is 0 Å². The summed E-state index contributed by atoms with van der Waals surface area (Å²) in [5, 5.41) is 0. The van der Waals surface area contributed by atoms with Crippen molar-refractivity contribution in [2.24, 2.45) is 0 Å². The molecule has 0 spiro atoms. The molecule has 0 saturated heterocycles. The summed E-state index contributed by atoms with van der Waals surface area (Å²) in [6, 6.07) is 24.6. The summed E-state index contributed by atoms with van der Waals surface area (Å²) in [6.45, 7) is 8.83. The van der Waals surface area contributed by atoms with Crippen LogP contribution in [0.1, 0.15) is 49.2 Å². The van der Waals surface area contributed by atoms with Crippen molar-refractivity contribution in [3.8, 4) is 0 Å². The molecular weight excluding hydrogens is 384 g/mol. The average molecular weight is 413 g/mol. The molecule has 0 radical (unpaired) electrons. The van der Waals surface area contributed by atoms with Crippen molar-refractivity contribution in [2.45, 2.75) is 45.7 Å². The number of hydrogen-bond donors (Lipinski definition) is 0. The molecule has 4 rings (SSSR count). The van der Waals surface area contributed by atoms with Crippen LogP contribution < -0.4 is 9.80 Å². The van der Waals surface area contributed by atoms with E-state index in [1.165, 1.54) is 5.56 Å². The number of rotatable bonds is 3. The number of carbonyl (C=O) groups excluding carboxylic acids is 2. The van der Waals surface area contributed by atoms with E-state index in [1.54, 1.807) is 28.9 Å². The van der Waals surface area contributed by atoms with Gasteiger partial charge in [0.05, 0.1) is 17.9 Å². The van der Waals surface area contributed by atoms with Crippen LogP contribution >= 0.6 is 0 Å². The Labute approximate surface area is 184 Å². The van der Waals surface area contributed by atoms with Crippen LogP contribution in [0, 0.1) is 0 Å². The highest BCUT2D eigenvalue weighted by Crippen LogP contribution is 2.38. The van der Waals surface area contributed by atoms with Gasteiger partial charge in [-0.3, -0.25) is 14.5 Å². The monoisotopic (exact) mass is 412 g/mol. The van der Waals surface area contributed by atoms with Gasteiger partial charge in [-0.15, -0.1) is 0 Å². The molecule has 0 N–H and O–H groups in total. The summed E-state index contributed by atoms with van der Waals surface area (Å²) in [5.41, 5.74) is 4.49. The molecule has 4 nitrogen and oxygen atoms in total. The van der Waals surface area contributed by atoms with E-state index in [-0.39, 0.29) is 17.2 Å². The third kappa shape index (κ3) is 3.98. The van der Waals surface area contributed by atoms with Crippen molar-refractivity contribution in [3.63, 3.8) is 0 Å². The molecule has 4 heteroatoms. The molecular formula is C27H28N2O2. The van der Waals surface area contributed by atoms with Gasteiger partial charge in [-0.05, 0) is 47.7 Å². The molecule has 0 aliphatic carbocycles. The number of anilines is 2. The van der Waals surface area contributed by atoms with Gasteiger partial charge in [0.2, 0.25) is 5.91 Å². The predicted molar refractivity (Wildman–Crippen MR) is 125 cm³/mol. The van der Waals surface area contributed by atoms with Gasteiger partial charge in [-0.2, -0.15) is 0 Å². The topological polar surface area (TPSA) is 40.6 Å². The molecule has 3 aromatic carbocycles. The second-order valence-corrected chi connectivity index (χ2v) is 9.08. The molecule has 0 fully saturated rings. The van der Waals surface area contributed by atoms with Crippen molar-refractivity contribution >= 4 is 23.2 Å². The van der Waals surface area contributed by atoms with Gasteiger partial charge < -0.3 is 4.90 Å². The van der Waals surface area contributed by atoms with E-state index in [1.807, 2.05) is 42.5 Å². The summed E-state index contributed by atoms with van der Waals surface area (Å²) in [6.07, 6.45) is 0. The smallest absolute Gasteiger partial charge is 0.259 e. The second-order valence-electron chi connectivity index (χ2n) is 9.08. The zero-order valence-corrected chi connectivity index (χ0v) is 18.5. The SMILES string of the molecule is C[C@@H]1C(=O)N(Cc2ccc(C(C)(C)C)cc2)c2ccccc2N1C(=O)c1ccccc1. The van der Waals surface area contributed by atoms with E-state index in [9.17, 15) is 9.59 Å². The number of nitrogens with zero attached hydrogens (tertiary/aromatic N) is 2. The zero-order chi connectivity index (χ0) is 22.2. The van der Waals surface area contributed by atoms with E-state index in [2.05, 4.69) is 45.0 Å². The van der Waals surface area contributed by atoms with Gasteiger partial charge in [0.25, 0.3) is 5.91 Å². The third-order valence-electron chi connectivity index (χ3n) is 5.84. The highest BCUT2D eigenvalue weighted by molar-refractivity contribution is 6.17. The lowest BCUT2D eigenvalue weighted by Crippen LogP contribution is -2.54. The molecule has 158 valence electrons.